The average Bonchev–Trinajstić information content (AvgIpc) is 2.37. The van der Waals surface area contributed by atoms with Gasteiger partial charge < -0.3 is 18.9 Å². The molecule has 22 heavy (non-hydrogen) atoms. The molecule has 0 spiro atoms. The molecule has 0 aromatic rings. The quantitative estimate of drug-likeness (QED) is 0.549. The summed E-state index contributed by atoms with van der Waals surface area (Å²) in [5.74, 6) is -0.877. The van der Waals surface area contributed by atoms with Crippen molar-refractivity contribution >= 4 is 29.7 Å². The molecule has 5 atom stereocenters. The van der Waals surface area contributed by atoms with Gasteiger partial charge in [0.25, 0.3) is 0 Å². The van der Waals surface area contributed by atoms with Crippen LogP contribution in [0.25, 0.3) is 0 Å². The summed E-state index contributed by atoms with van der Waals surface area (Å²) in [4.78, 5) is 34.1. The average molecular weight is 334 g/mol. The van der Waals surface area contributed by atoms with Gasteiger partial charge in [-0.2, -0.15) is 0 Å². The van der Waals surface area contributed by atoms with E-state index >= 15 is 0 Å². The highest BCUT2D eigenvalue weighted by molar-refractivity contribution is 7.99. The number of hydrogen-bond donors (Lipinski definition) is 0. The van der Waals surface area contributed by atoms with Gasteiger partial charge in [0.2, 0.25) is 0 Å². The van der Waals surface area contributed by atoms with Crippen LogP contribution in [-0.2, 0) is 33.3 Å². The summed E-state index contributed by atoms with van der Waals surface area (Å²) >= 11 is 1.43. The van der Waals surface area contributed by atoms with Crippen LogP contribution >= 0.6 is 11.8 Å². The minimum Gasteiger partial charge on any atom is -0.456 e. The fourth-order valence-corrected chi connectivity index (χ4v) is 3.25. The highest BCUT2D eigenvalue weighted by Gasteiger charge is 2.50. The van der Waals surface area contributed by atoms with E-state index in [1.54, 1.807) is 6.92 Å². The molecule has 1 aliphatic heterocycles. The maximum Gasteiger partial charge on any atom is 0.303 e. The van der Waals surface area contributed by atoms with E-state index in [9.17, 15) is 14.4 Å². The number of esters is 3. The van der Waals surface area contributed by atoms with Crippen LogP contribution in [0, 0.1) is 0 Å². The zero-order valence-corrected chi connectivity index (χ0v) is 14.2. The van der Waals surface area contributed by atoms with Gasteiger partial charge in [0.1, 0.15) is 5.44 Å². The van der Waals surface area contributed by atoms with Crippen LogP contribution in [0.4, 0.5) is 0 Å². The summed E-state index contributed by atoms with van der Waals surface area (Å²) in [5.41, 5.74) is -0.500. The Morgan fingerprint density at radius 1 is 0.909 bits per heavy atom. The Bertz CT molecular complexity index is 425. The highest BCUT2D eigenvalue weighted by Crippen LogP contribution is 2.33. The smallest absolute Gasteiger partial charge is 0.303 e. The van der Waals surface area contributed by atoms with E-state index in [1.165, 1.54) is 32.5 Å². The first-order valence-electron chi connectivity index (χ1n) is 7.05. The van der Waals surface area contributed by atoms with Gasteiger partial charge in [-0.25, -0.2) is 0 Å². The van der Waals surface area contributed by atoms with E-state index in [4.69, 9.17) is 18.9 Å². The number of carbonyl (C=O) groups excluding carboxylic acids is 3. The maximum absolute atomic E-state index is 11.4. The van der Waals surface area contributed by atoms with Gasteiger partial charge in [-0.05, 0) is 12.7 Å². The molecule has 7 nitrogen and oxygen atoms in total. The van der Waals surface area contributed by atoms with Crippen LogP contribution in [0.5, 0.6) is 0 Å². The molecule has 1 heterocycles. The van der Waals surface area contributed by atoms with Crippen LogP contribution in [-0.4, -0.2) is 53.5 Å². The largest absolute Gasteiger partial charge is 0.456 e. The van der Waals surface area contributed by atoms with Gasteiger partial charge in [0.15, 0.2) is 18.3 Å². The zero-order chi connectivity index (χ0) is 16.9. The van der Waals surface area contributed by atoms with E-state index < -0.39 is 47.8 Å². The molecule has 1 saturated heterocycles. The van der Waals surface area contributed by atoms with Crippen LogP contribution in [0.3, 0.4) is 0 Å². The molecule has 0 aromatic heterocycles. The molecule has 1 aliphatic rings. The second-order valence-electron chi connectivity index (χ2n) is 4.89. The Balaban J connectivity index is 3.09. The van der Waals surface area contributed by atoms with Crippen molar-refractivity contribution in [1.82, 2.24) is 0 Å². The molecule has 1 fully saturated rings. The lowest BCUT2D eigenvalue weighted by Crippen LogP contribution is -2.59. The monoisotopic (exact) mass is 334 g/mol. The van der Waals surface area contributed by atoms with Crippen molar-refractivity contribution in [2.24, 2.45) is 0 Å². The van der Waals surface area contributed by atoms with E-state index in [-0.39, 0.29) is 0 Å². The maximum atomic E-state index is 11.4. The standard InChI is InChI=1S/C14H22O7S/c1-6-22-14-13(21-10(5)17)12(20-9(4)16)11(7(2)18-14)19-8(3)15/h7,11-14H,6H2,1-5H3/t7-,11-,12+,13+,14-/m0/s1. The Morgan fingerprint density at radius 3 is 1.82 bits per heavy atom. The summed E-state index contributed by atoms with van der Waals surface area (Å²) in [6, 6.07) is 0. The highest BCUT2D eigenvalue weighted by atomic mass is 32.2. The van der Waals surface area contributed by atoms with Crippen LogP contribution in [0.1, 0.15) is 34.6 Å². The van der Waals surface area contributed by atoms with E-state index in [2.05, 4.69) is 0 Å². The van der Waals surface area contributed by atoms with Crippen molar-refractivity contribution in [2.75, 3.05) is 5.75 Å². The van der Waals surface area contributed by atoms with E-state index in [1.807, 2.05) is 6.92 Å². The fraction of sp³-hybridized carbons (Fsp3) is 0.786. The predicted octanol–water partition coefficient (Wildman–Crippen LogP) is 1.28. The van der Waals surface area contributed by atoms with Gasteiger partial charge in [-0.3, -0.25) is 14.4 Å². The number of carbonyl (C=O) groups is 3. The van der Waals surface area contributed by atoms with Gasteiger partial charge in [-0.1, -0.05) is 6.92 Å². The molecule has 8 heteroatoms. The Labute approximate surface area is 134 Å². The molecule has 0 bridgehead atoms. The Kier molecular flexibility index (Phi) is 7.15. The van der Waals surface area contributed by atoms with Crippen molar-refractivity contribution in [3.63, 3.8) is 0 Å². The second kappa shape index (κ2) is 8.38. The summed E-state index contributed by atoms with van der Waals surface area (Å²) in [5, 5.41) is 0. The first-order chi connectivity index (χ1) is 10.3. The van der Waals surface area contributed by atoms with Gasteiger partial charge in [0.05, 0.1) is 6.10 Å². The molecule has 0 unspecified atom stereocenters. The summed E-state index contributed by atoms with van der Waals surface area (Å²) < 4.78 is 21.6. The molecule has 0 aromatic carbocycles. The molecule has 0 saturated carbocycles. The fourth-order valence-electron chi connectivity index (χ4n) is 2.27. The van der Waals surface area contributed by atoms with Gasteiger partial charge in [0, 0.05) is 20.8 Å². The third-order valence-electron chi connectivity index (χ3n) is 2.96. The van der Waals surface area contributed by atoms with Crippen molar-refractivity contribution in [3.8, 4) is 0 Å². The van der Waals surface area contributed by atoms with Crippen LogP contribution in [0.2, 0.25) is 0 Å². The number of ether oxygens (including phenoxy) is 4. The van der Waals surface area contributed by atoms with Crippen LogP contribution < -0.4 is 0 Å². The van der Waals surface area contributed by atoms with Crippen LogP contribution in [0.15, 0.2) is 0 Å². The third-order valence-corrected chi connectivity index (χ3v) is 4.01. The lowest BCUT2D eigenvalue weighted by molar-refractivity contribution is -0.228. The minimum absolute atomic E-state index is 0.496. The number of thioether (sulfide) groups is 1. The van der Waals surface area contributed by atoms with E-state index in [0.717, 1.165) is 5.75 Å². The Hall–Kier alpha value is -1.28. The van der Waals surface area contributed by atoms with Gasteiger partial charge in [-0.15, -0.1) is 11.8 Å². The minimum atomic E-state index is -0.905. The van der Waals surface area contributed by atoms with Crippen molar-refractivity contribution in [2.45, 2.75) is 64.5 Å². The number of hydrogen-bond acceptors (Lipinski definition) is 8. The zero-order valence-electron chi connectivity index (χ0n) is 13.4. The summed E-state index contributed by atoms with van der Waals surface area (Å²) in [6.07, 6.45) is -3.08. The molecule has 0 aliphatic carbocycles. The molecule has 0 radical (unpaired) electrons. The molecule has 126 valence electrons. The first-order valence-corrected chi connectivity index (χ1v) is 8.09. The lowest BCUT2D eigenvalue weighted by atomic mass is 10.00. The SMILES string of the molecule is CCS[C@@H]1O[C@@H](C)[C@H](OC(C)=O)[C@@H](OC(C)=O)[C@H]1OC(C)=O. The number of rotatable bonds is 5. The summed E-state index contributed by atoms with van der Waals surface area (Å²) in [6.45, 7) is 7.42. The lowest BCUT2D eigenvalue weighted by Gasteiger charge is -2.43. The molecule has 0 N–H and O–H groups in total. The summed E-state index contributed by atoms with van der Waals surface area (Å²) in [7, 11) is 0. The van der Waals surface area contributed by atoms with Crippen molar-refractivity contribution in [3.05, 3.63) is 0 Å². The topological polar surface area (TPSA) is 88.1 Å². The predicted molar refractivity (Wildman–Crippen MR) is 79.1 cm³/mol. The molecular formula is C14H22O7S. The third kappa shape index (κ3) is 5.17. The first kappa shape index (κ1) is 18.8. The van der Waals surface area contributed by atoms with Gasteiger partial charge >= 0.3 is 17.9 Å². The molecular weight excluding hydrogens is 312 g/mol. The molecule has 0 amide bonds. The van der Waals surface area contributed by atoms with Crippen molar-refractivity contribution < 1.29 is 33.3 Å². The normalized spacial score (nSPS) is 31.2. The second-order valence-corrected chi connectivity index (χ2v) is 6.26. The van der Waals surface area contributed by atoms with E-state index in [0.29, 0.717) is 0 Å². The van der Waals surface area contributed by atoms with Crippen molar-refractivity contribution in [1.29, 1.82) is 0 Å². The Morgan fingerprint density at radius 2 is 1.36 bits per heavy atom. The molecule has 1 rings (SSSR count).